The van der Waals surface area contributed by atoms with E-state index in [1.165, 1.54) is 11.3 Å². The van der Waals surface area contributed by atoms with Crippen molar-refractivity contribution in [3.8, 4) is 5.75 Å². The molecule has 0 saturated carbocycles. The number of rotatable bonds is 4. The van der Waals surface area contributed by atoms with Crippen LogP contribution in [0.1, 0.15) is 23.5 Å². The molecule has 1 N–H and O–H groups in total. The van der Waals surface area contributed by atoms with E-state index < -0.39 is 6.10 Å². The second kappa shape index (κ2) is 6.06. The first kappa shape index (κ1) is 13.9. The van der Waals surface area contributed by atoms with Crippen LogP contribution in [0.15, 0.2) is 34.8 Å². The van der Waals surface area contributed by atoms with Gasteiger partial charge < -0.3 is 9.84 Å². The van der Waals surface area contributed by atoms with Crippen molar-refractivity contribution in [1.29, 1.82) is 0 Å². The van der Waals surface area contributed by atoms with E-state index in [2.05, 4.69) is 15.9 Å². The molecule has 0 bridgehead atoms. The van der Waals surface area contributed by atoms with Crippen LogP contribution < -0.4 is 4.74 Å². The molecule has 2 nitrogen and oxygen atoms in total. The van der Waals surface area contributed by atoms with Gasteiger partial charge in [-0.3, -0.25) is 0 Å². The Bertz CT molecular complexity index is 542. The van der Waals surface area contributed by atoms with Crippen LogP contribution in [0.25, 0.3) is 0 Å². The number of aliphatic hydroxyl groups excluding tert-OH is 1. The summed E-state index contributed by atoms with van der Waals surface area (Å²) < 4.78 is 7.10. The van der Waals surface area contributed by atoms with Crippen molar-refractivity contribution in [2.24, 2.45) is 0 Å². The fourth-order valence-electron chi connectivity index (χ4n) is 1.65. The second-order valence-electron chi connectivity index (χ2n) is 3.66. The maximum atomic E-state index is 10.4. The SMILES string of the molecule is CCOc1ccc(Br)cc1C(O)c1ccc(Cl)s1. The normalized spacial score (nSPS) is 12.4. The molecule has 2 aromatic rings. The van der Waals surface area contributed by atoms with Gasteiger partial charge >= 0.3 is 0 Å². The molecule has 0 aliphatic rings. The Balaban J connectivity index is 2.39. The molecule has 0 fully saturated rings. The van der Waals surface area contributed by atoms with Crippen molar-refractivity contribution in [3.05, 3.63) is 49.6 Å². The van der Waals surface area contributed by atoms with Crippen molar-refractivity contribution in [3.63, 3.8) is 0 Å². The van der Waals surface area contributed by atoms with E-state index in [1.807, 2.05) is 31.2 Å². The van der Waals surface area contributed by atoms with Crippen LogP contribution >= 0.6 is 38.9 Å². The van der Waals surface area contributed by atoms with Crippen LogP contribution in [0.2, 0.25) is 4.34 Å². The monoisotopic (exact) mass is 346 g/mol. The summed E-state index contributed by atoms with van der Waals surface area (Å²) in [6.45, 7) is 2.48. The largest absolute Gasteiger partial charge is 0.493 e. The van der Waals surface area contributed by atoms with Gasteiger partial charge in [0, 0.05) is 14.9 Å². The zero-order chi connectivity index (χ0) is 13.1. The summed E-state index contributed by atoms with van der Waals surface area (Å²) >= 11 is 10.7. The highest BCUT2D eigenvalue weighted by atomic mass is 79.9. The molecule has 1 atom stereocenters. The number of ether oxygens (including phenoxy) is 1. The number of aliphatic hydroxyl groups is 1. The molecule has 1 aromatic heterocycles. The summed E-state index contributed by atoms with van der Waals surface area (Å²) in [5.41, 5.74) is 0.741. The lowest BCUT2D eigenvalue weighted by Gasteiger charge is -2.15. The lowest BCUT2D eigenvalue weighted by Crippen LogP contribution is -2.02. The number of hydrogen-bond donors (Lipinski definition) is 1. The van der Waals surface area contributed by atoms with E-state index >= 15 is 0 Å². The maximum absolute atomic E-state index is 10.4. The number of thiophene rings is 1. The van der Waals surface area contributed by atoms with E-state index in [9.17, 15) is 5.11 Å². The molecule has 0 saturated heterocycles. The molecule has 1 aromatic carbocycles. The third-order valence-electron chi connectivity index (χ3n) is 2.43. The summed E-state index contributed by atoms with van der Waals surface area (Å²) in [6, 6.07) is 9.21. The van der Waals surface area contributed by atoms with Gasteiger partial charge in [-0.15, -0.1) is 11.3 Å². The zero-order valence-corrected chi connectivity index (χ0v) is 12.8. The van der Waals surface area contributed by atoms with E-state index in [0.717, 1.165) is 14.9 Å². The standard InChI is InChI=1S/C13H12BrClO2S/c1-2-17-10-4-3-8(14)7-9(10)13(16)11-5-6-12(15)18-11/h3-7,13,16H,2H2,1H3. The second-order valence-corrected chi connectivity index (χ2v) is 6.32. The summed E-state index contributed by atoms with van der Waals surface area (Å²) in [5.74, 6) is 0.692. The molecule has 1 heterocycles. The fraction of sp³-hybridized carbons (Fsp3) is 0.231. The van der Waals surface area contributed by atoms with Crippen LogP contribution in [0, 0.1) is 0 Å². The molecule has 1 unspecified atom stereocenters. The van der Waals surface area contributed by atoms with Gasteiger partial charge in [-0.25, -0.2) is 0 Å². The fourth-order valence-corrected chi connectivity index (χ4v) is 3.09. The van der Waals surface area contributed by atoms with Gasteiger partial charge in [0.2, 0.25) is 0 Å². The molecule has 2 rings (SSSR count). The summed E-state index contributed by atoms with van der Waals surface area (Å²) in [4.78, 5) is 0.805. The van der Waals surface area contributed by atoms with E-state index in [0.29, 0.717) is 16.7 Å². The first-order chi connectivity index (χ1) is 8.61. The highest BCUT2D eigenvalue weighted by molar-refractivity contribution is 9.10. The minimum atomic E-state index is -0.721. The lowest BCUT2D eigenvalue weighted by atomic mass is 10.1. The van der Waals surface area contributed by atoms with E-state index in [-0.39, 0.29) is 0 Å². The average Bonchev–Trinajstić information content (AvgIpc) is 2.77. The van der Waals surface area contributed by atoms with Crippen LogP contribution in [0.5, 0.6) is 5.75 Å². The minimum Gasteiger partial charge on any atom is -0.493 e. The maximum Gasteiger partial charge on any atom is 0.125 e. The van der Waals surface area contributed by atoms with Gasteiger partial charge in [0.05, 0.1) is 10.9 Å². The van der Waals surface area contributed by atoms with Crippen molar-refractivity contribution in [1.82, 2.24) is 0 Å². The molecule has 5 heteroatoms. The Morgan fingerprint density at radius 1 is 1.39 bits per heavy atom. The van der Waals surface area contributed by atoms with Crippen LogP contribution in [0.4, 0.5) is 0 Å². The molecule has 18 heavy (non-hydrogen) atoms. The predicted octanol–water partition coefficient (Wildman–Crippen LogP) is 4.64. The number of hydrogen-bond acceptors (Lipinski definition) is 3. The Kier molecular flexibility index (Phi) is 4.67. The molecule has 0 radical (unpaired) electrons. The first-order valence-electron chi connectivity index (χ1n) is 5.47. The van der Waals surface area contributed by atoms with Crippen molar-refractivity contribution < 1.29 is 9.84 Å². The third-order valence-corrected chi connectivity index (χ3v) is 4.21. The summed E-state index contributed by atoms with van der Waals surface area (Å²) in [6.07, 6.45) is -0.721. The molecule has 0 aliphatic carbocycles. The molecule has 0 aliphatic heterocycles. The first-order valence-corrected chi connectivity index (χ1v) is 7.46. The van der Waals surface area contributed by atoms with Crippen LogP contribution in [-0.2, 0) is 0 Å². The van der Waals surface area contributed by atoms with Gasteiger partial charge in [-0.05, 0) is 37.3 Å². The lowest BCUT2D eigenvalue weighted by molar-refractivity contribution is 0.215. The Morgan fingerprint density at radius 2 is 2.17 bits per heavy atom. The number of benzene rings is 1. The third kappa shape index (κ3) is 3.06. The summed E-state index contributed by atoms with van der Waals surface area (Å²) in [5, 5.41) is 10.4. The smallest absolute Gasteiger partial charge is 0.125 e. The van der Waals surface area contributed by atoms with Crippen molar-refractivity contribution >= 4 is 38.9 Å². The van der Waals surface area contributed by atoms with Gasteiger partial charge in [0.1, 0.15) is 11.9 Å². The van der Waals surface area contributed by atoms with Crippen molar-refractivity contribution in [2.75, 3.05) is 6.61 Å². The van der Waals surface area contributed by atoms with Gasteiger partial charge in [0.15, 0.2) is 0 Å². The summed E-state index contributed by atoms with van der Waals surface area (Å²) in [7, 11) is 0. The van der Waals surface area contributed by atoms with Gasteiger partial charge in [-0.1, -0.05) is 27.5 Å². The Labute approximate surface area is 123 Å². The van der Waals surface area contributed by atoms with Gasteiger partial charge in [0.25, 0.3) is 0 Å². The van der Waals surface area contributed by atoms with E-state index in [4.69, 9.17) is 16.3 Å². The molecule has 96 valence electrons. The molecular weight excluding hydrogens is 336 g/mol. The average molecular weight is 348 g/mol. The molecular formula is C13H12BrClO2S. The van der Waals surface area contributed by atoms with Crippen LogP contribution in [0.3, 0.4) is 0 Å². The van der Waals surface area contributed by atoms with E-state index in [1.54, 1.807) is 6.07 Å². The Morgan fingerprint density at radius 3 is 2.78 bits per heavy atom. The highest BCUT2D eigenvalue weighted by Crippen LogP contribution is 2.36. The highest BCUT2D eigenvalue weighted by Gasteiger charge is 2.17. The molecule has 0 amide bonds. The molecule has 0 spiro atoms. The number of halogens is 2. The quantitative estimate of drug-likeness (QED) is 0.872. The zero-order valence-electron chi connectivity index (χ0n) is 9.69. The predicted molar refractivity (Wildman–Crippen MR) is 78.7 cm³/mol. The van der Waals surface area contributed by atoms with Gasteiger partial charge in [-0.2, -0.15) is 0 Å². The minimum absolute atomic E-state index is 0.562. The van der Waals surface area contributed by atoms with Crippen molar-refractivity contribution in [2.45, 2.75) is 13.0 Å². The Hall–Kier alpha value is -0.550. The van der Waals surface area contributed by atoms with Crippen LogP contribution in [-0.4, -0.2) is 11.7 Å². The topological polar surface area (TPSA) is 29.5 Å².